The Morgan fingerprint density at radius 3 is 2.29 bits per heavy atom. The molecule has 0 aromatic carbocycles. The van der Waals surface area contributed by atoms with E-state index in [4.69, 9.17) is 14.3 Å². The fraction of sp³-hybridized carbons (Fsp3) is 0.800. The zero-order chi connectivity index (χ0) is 7.65. The summed E-state index contributed by atoms with van der Waals surface area (Å²) in [5, 5.41) is -0.627. The normalized spacial score (nSPS) is 16.0. The molecule has 0 atom stereocenters. The van der Waals surface area contributed by atoms with Crippen molar-refractivity contribution >= 4 is 16.8 Å². The van der Waals surface area contributed by atoms with E-state index in [1.807, 2.05) is 0 Å². The second kappa shape index (κ2) is 1.83. The van der Waals surface area contributed by atoms with Crippen molar-refractivity contribution in [1.82, 2.24) is 0 Å². The van der Waals surface area contributed by atoms with Crippen molar-refractivity contribution < 1.29 is 7.54 Å². The van der Waals surface area contributed by atoms with Gasteiger partial charge >= 0.3 is 0 Å². The lowest BCUT2D eigenvalue weighted by Crippen LogP contribution is -2.13. The van der Waals surface area contributed by atoms with E-state index in [2.05, 4.69) is 0 Å². The van der Waals surface area contributed by atoms with Gasteiger partial charge in [-0.05, 0) is 11.6 Å². The van der Waals surface area contributed by atoms with Crippen molar-refractivity contribution in [2.24, 2.45) is 5.41 Å². The molecule has 0 aliphatic rings. The second-order valence-electron chi connectivity index (χ2n) is 2.00. The third-order valence-electron chi connectivity index (χ3n) is 0.507. The Labute approximate surface area is 51.5 Å². The molecule has 0 unspecified atom stereocenters. The minimum Gasteiger partial charge on any atom is -0.281 e. The lowest BCUT2D eigenvalue weighted by molar-refractivity contribution is -0.118. The Bertz CT molecular complexity index is 122. The maximum Gasteiger partial charge on any atom is 0.226 e. The Kier molecular flexibility index (Phi) is 1.02. The summed E-state index contributed by atoms with van der Waals surface area (Å²) in [6.07, 6.45) is 0. The number of hydrogen-bond acceptors (Lipinski definition) is 1. The average molecular weight is 125 g/mol. The Hall–Kier alpha value is -0.0400. The van der Waals surface area contributed by atoms with Crippen LogP contribution in [0.15, 0.2) is 0 Å². The highest BCUT2D eigenvalue weighted by Crippen LogP contribution is 2.15. The fourth-order valence-electron chi connectivity index (χ4n) is 0. The van der Waals surface area contributed by atoms with Crippen LogP contribution in [0.2, 0.25) is 0 Å². The first-order chi connectivity index (χ1) is 3.89. The molecule has 0 bridgehead atoms. The minimum absolute atomic E-state index is 0.627. The van der Waals surface area contributed by atoms with Crippen LogP contribution >= 0.6 is 11.6 Å². The highest BCUT2D eigenvalue weighted by Gasteiger charge is 2.17. The summed E-state index contributed by atoms with van der Waals surface area (Å²) in [6, 6.07) is 0. The Morgan fingerprint density at radius 1 is 1.86 bits per heavy atom. The first-order valence-corrected chi connectivity index (χ1v) is 2.31. The van der Waals surface area contributed by atoms with Gasteiger partial charge in [-0.15, -0.1) is 0 Å². The van der Waals surface area contributed by atoms with E-state index in [0.717, 1.165) is 0 Å². The summed E-state index contributed by atoms with van der Waals surface area (Å²) in [5.41, 5.74) is -1.04. The molecule has 0 heterocycles. The third kappa shape index (κ3) is 2.63. The molecule has 0 aliphatic carbocycles. The van der Waals surface area contributed by atoms with E-state index >= 15 is 0 Å². The van der Waals surface area contributed by atoms with Crippen LogP contribution in [0, 0.1) is 5.41 Å². The molecule has 0 spiro atoms. The second-order valence-corrected chi connectivity index (χ2v) is 2.34. The molecule has 0 saturated carbocycles. The number of hydrogen-bond donors (Lipinski definition) is 0. The van der Waals surface area contributed by atoms with Gasteiger partial charge < -0.3 is 0 Å². The molecule has 0 aliphatic heterocycles. The predicted molar refractivity (Wildman–Crippen MR) is 30.3 cm³/mol. The molecule has 0 rings (SSSR count). The van der Waals surface area contributed by atoms with Gasteiger partial charge in [0.25, 0.3) is 0 Å². The predicted octanol–water partition coefficient (Wildman–Crippen LogP) is 1.80. The van der Waals surface area contributed by atoms with E-state index in [1.165, 1.54) is 13.8 Å². The zero-order valence-corrected chi connectivity index (χ0v) is 5.12. The molecule has 0 radical (unpaired) electrons. The quantitative estimate of drug-likeness (QED) is 0.450. The van der Waals surface area contributed by atoms with Gasteiger partial charge in [0, 0.05) is 8.16 Å². The van der Waals surface area contributed by atoms with Crippen molar-refractivity contribution in [3.05, 3.63) is 0 Å². The molecule has 2 heteroatoms. The minimum atomic E-state index is -1.19. The van der Waals surface area contributed by atoms with Crippen LogP contribution in [0.4, 0.5) is 0 Å². The van der Waals surface area contributed by atoms with Gasteiger partial charge in [0.1, 0.15) is 0 Å². The molecule has 0 saturated heterocycles. The standard InChI is InChI=1S/C5H9ClO/c1-5(2,3)4(6)7/h1-3H3/i1T2. The van der Waals surface area contributed by atoms with Crippen LogP contribution < -0.4 is 0 Å². The van der Waals surface area contributed by atoms with E-state index in [0.29, 0.717) is 0 Å². The maximum atomic E-state index is 10.4. The van der Waals surface area contributed by atoms with E-state index in [9.17, 15) is 4.79 Å². The molecule has 0 N–H and O–H groups in total. The van der Waals surface area contributed by atoms with E-state index < -0.39 is 17.5 Å². The molecule has 1 nitrogen and oxygen atoms in total. The van der Waals surface area contributed by atoms with Crippen LogP contribution in [0.25, 0.3) is 0 Å². The van der Waals surface area contributed by atoms with Crippen molar-refractivity contribution in [1.29, 1.82) is 0 Å². The number of rotatable bonds is 0. The van der Waals surface area contributed by atoms with Crippen molar-refractivity contribution in [3.8, 4) is 0 Å². The maximum absolute atomic E-state index is 10.4. The fourth-order valence-corrected chi connectivity index (χ4v) is 0. The van der Waals surface area contributed by atoms with E-state index in [-0.39, 0.29) is 0 Å². The van der Waals surface area contributed by atoms with Gasteiger partial charge in [0.2, 0.25) is 5.24 Å². The van der Waals surface area contributed by atoms with Crippen LogP contribution in [0.5, 0.6) is 0 Å². The summed E-state index contributed by atoms with van der Waals surface area (Å²) < 4.78 is 13.7. The highest BCUT2D eigenvalue weighted by atomic mass is 35.5. The monoisotopic (exact) mass is 124 g/mol. The largest absolute Gasteiger partial charge is 0.281 e. The number of carbonyl (C=O) groups is 1. The zero-order valence-electron chi connectivity index (χ0n) is 6.36. The van der Waals surface area contributed by atoms with Gasteiger partial charge in [0.05, 0.1) is 0 Å². The summed E-state index contributed by atoms with van der Waals surface area (Å²) in [7, 11) is 0. The molecule has 42 valence electrons. The summed E-state index contributed by atoms with van der Waals surface area (Å²) in [4.78, 5) is 10.4. The SMILES string of the molecule is [3H]C([3H])C(C)(C)C(=O)Cl. The van der Waals surface area contributed by atoms with Crippen LogP contribution in [0.1, 0.15) is 23.5 Å². The Balaban J connectivity index is 4.19. The topological polar surface area (TPSA) is 17.1 Å². The van der Waals surface area contributed by atoms with Crippen molar-refractivity contribution in [2.75, 3.05) is 0 Å². The van der Waals surface area contributed by atoms with Crippen LogP contribution in [-0.4, -0.2) is 5.24 Å². The molecule has 0 amide bonds. The number of halogens is 1. The van der Waals surface area contributed by atoms with Gasteiger partial charge in [-0.25, -0.2) is 0 Å². The lowest BCUT2D eigenvalue weighted by atomic mass is 10.00. The molecule has 0 aromatic heterocycles. The summed E-state index contributed by atoms with van der Waals surface area (Å²) in [5.74, 6) is 0. The first-order valence-electron chi connectivity index (χ1n) is 3.09. The van der Waals surface area contributed by atoms with Crippen molar-refractivity contribution in [2.45, 2.75) is 20.7 Å². The highest BCUT2D eigenvalue weighted by molar-refractivity contribution is 6.64. The van der Waals surface area contributed by atoms with Gasteiger partial charge in [0.15, 0.2) is 0 Å². The average Bonchev–Trinajstić information content (AvgIpc) is 1.65. The van der Waals surface area contributed by atoms with Gasteiger partial charge in [-0.3, -0.25) is 4.79 Å². The molecule has 0 fully saturated rings. The third-order valence-corrected chi connectivity index (χ3v) is 0.994. The van der Waals surface area contributed by atoms with Crippen molar-refractivity contribution in [3.63, 3.8) is 0 Å². The smallest absolute Gasteiger partial charge is 0.226 e. The van der Waals surface area contributed by atoms with Crippen LogP contribution in [-0.2, 0) is 4.79 Å². The number of carbonyl (C=O) groups excluding carboxylic acids is 1. The summed E-state index contributed by atoms with van der Waals surface area (Å²) in [6.45, 7) is 1.77. The van der Waals surface area contributed by atoms with Gasteiger partial charge in [-0.2, -0.15) is 0 Å². The Morgan fingerprint density at radius 2 is 2.29 bits per heavy atom. The van der Waals surface area contributed by atoms with Gasteiger partial charge in [-0.1, -0.05) is 20.7 Å². The molecule has 0 aromatic rings. The molecule has 7 heavy (non-hydrogen) atoms. The molecular weight excluding hydrogens is 112 g/mol. The summed E-state index contributed by atoms with van der Waals surface area (Å²) >= 11 is 5.09. The first kappa shape index (κ1) is 3.90. The lowest BCUT2D eigenvalue weighted by Gasteiger charge is -2.08. The van der Waals surface area contributed by atoms with Crippen LogP contribution in [0.3, 0.4) is 0 Å². The molecular formula is C5H9ClO. The van der Waals surface area contributed by atoms with E-state index in [1.54, 1.807) is 0 Å².